The van der Waals surface area contributed by atoms with Crippen molar-refractivity contribution in [3.8, 4) is 16.3 Å². The van der Waals surface area contributed by atoms with Crippen molar-refractivity contribution in [2.24, 2.45) is 0 Å². The van der Waals surface area contributed by atoms with Crippen molar-refractivity contribution in [3.63, 3.8) is 0 Å². The van der Waals surface area contributed by atoms with Crippen LogP contribution in [-0.4, -0.2) is 36.6 Å². The molecule has 1 amide bonds. The van der Waals surface area contributed by atoms with Gasteiger partial charge in [0.1, 0.15) is 10.8 Å². The Balaban J connectivity index is 1.53. The summed E-state index contributed by atoms with van der Waals surface area (Å²) in [5.41, 5.74) is 1.10. The van der Waals surface area contributed by atoms with Crippen LogP contribution in [0.2, 0.25) is 0 Å². The molecule has 1 N–H and O–H groups in total. The predicted octanol–water partition coefficient (Wildman–Crippen LogP) is 3.03. The predicted molar refractivity (Wildman–Crippen MR) is 94.8 cm³/mol. The van der Waals surface area contributed by atoms with Gasteiger partial charge in [0.05, 0.1) is 7.11 Å². The van der Waals surface area contributed by atoms with E-state index in [4.69, 9.17) is 9.47 Å². The van der Waals surface area contributed by atoms with Gasteiger partial charge in [-0.05, 0) is 37.1 Å². The van der Waals surface area contributed by atoms with E-state index >= 15 is 0 Å². The molecule has 0 bridgehead atoms. The summed E-state index contributed by atoms with van der Waals surface area (Å²) in [6, 6.07) is 7.64. The number of aromatic nitrogens is 1. The molecule has 0 atom stereocenters. The lowest BCUT2D eigenvalue weighted by Crippen LogP contribution is -2.35. The first-order chi connectivity index (χ1) is 12.2. The molecule has 132 valence electrons. The third-order valence-corrected chi connectivity index (χ3v) is 5.00. The summed E-state index contributed by atoms with van der Waals surface area (Å²) in [7, 11) is 1.61. The van der Waals surface area contributed by atoms with Crippen LogP contribution < -0.4 is 10.1 Å². The maximum atomic E-state index is 12.1. The van der Waals surface area contributed by atoms with Crippen LogP contribution in [0.3, 0.4) is 0 Å². The van der Waals surface area contributed by atoms with Gasteiger partial charge in [-0.15, -0.1) is 11.3 Å². The molecule has 1 heterocycles. The van der Waals surface area contributed by atoms with Crippen LogP contribution in [0.5, 0.6) is 5.75 Å². The quantitative estimate of drug-likeness (QED) is 0.801. The van der Waals surface area contributed by atoms with Crippen molar-refractivity contribution in [3.05, 3.63) is 35.3 Å². The van der Waals surface area contributed by atoms with Crippen LogP contribution in [-0.2, 0) is 9.53 Å². The minimum absolute atomic E-state index is 0.212. The van der Waals surface area contributed by atoms with E-state index in [-0.39, 0.29) is 24.2 Å². The molecule has 0 unspecified atom stereocenters. The molecule has 0 radical (unpaired) electrons. The average molecular weight is 360 g/mol. The van der Waals surface area contributed by atoms with Crippen LogP contribution in [0.15, 0.2) is 29.6 Å². The van der Waals surface area contributed by atoms with Crippen LogP contribution in [0.4, 0.5) is 0 Å². The van der Waals surface area contributed by atoms with Crippen molar-refractivity contribution in [1.82, 2.24) is 10.3 Å². The summed E-state index contributed by atoms with van der Waals surface area (Å²) in [4.78, 5) is 28.1. The summed E-state index contributed by atoms with van der Waals surface area (Å²) in [5.74, 6) is -0.0864. The molecular weight excluding hydrogens is 340 g/mol. The van der Waals surface area contributed by atoms with Crippen molar-refractivity contribution in [2.75, 3.05) is 13.7 Å². The molecule has 1 aromatic heterocycles. The zero-order chi connectivity index (χ0) is 17.6. The van der Waals surface area contributed by atoms with E-state index in [1.54, 1.807) is 12.5 Å². The third-order valence-electron chi connectivity index (χ3n) is 4.10. The molecule has 0 aliphatic heterocycles. The monoisotopic (exact) mass is 360 g/mol. The van der Waals surface area contributed by atoms with E-state index in [1.807, 2.05) is 24.3 Å². The Morgan fingerprint density at radius 2 is 1.96 bits per heavy atom. The number of benzene rings is 1. The molecule has 1 aromatic carbocycles. The molecule has 3 rings (SSSR count). The van der Waals surface area contributed by atoms with E-state index in [0.29, 0.717) is 5.01 Å². The highest BCUT2D eigenvalue weighted by atomic mass is 32.1. The van der Waals surface area contributed by atoms with Gasteiger partial charge in [-0.3, -0.25) is 4.79 Å². The zero-order valence-electron chi connectivity index (χ0n) is 14.0. The number of rotatable bonds is 6. The number of ether oxygens (including phenoxy) is 2. The normalized spacial score (nSPS) is 14.3. The number of carbonyl (C=O) groups is 2. The number of esters is 1. The number of nitrogens with zero attached hydrogens (tertiary/aromatic N) is 1. The zero-order valence-corrected chi connectivity index (χ0v) is 14.8. The van der Waals surface area contributed by atoms with Crippen LogP contribution in [0.25, 0.3) is 10.6 Å². The number of amides is 1. The van der Waals surface area contributed by atoms with Gasteiger partial charge < -0.3 is 14.8 Å². The Morgan fingerprint density at radius 3 is 2.64 bits per heavy atom. The smallest absolute Gasteiger partial charge is 0.358 e. The van der Waals surface area contributed by atoms with E-state index in [2.05, 4.69) is 10.3 Å². The van der Waals surface area contributed by atoms with Crippen molar-refractivity contribution in [2.45, 2.75) is 31.7 Å². The summed E-state index contributed by atoms with van der Waals surface area (Å²) in [6.45, 7) is -0.273. The molecule has 1 saturated carbocycles. The first-order valence-corrected chi connectivity index (χ1v) is 9.10. The van der Waals surface area contributed by atoms with Crippen molar-refractivity contribution < 1.29 is 19.1 Å². The first-order valence-electron chi connectivity index (χ1n) is 8.22. The molecular formula is C18H20N2O4S. The van der Waals surface area contributed by atoms with Crippen molar-refractivity contribution >= 4 is 23.2 Å². The highest BCUT2D eigenvalue weighted by molar-refractivity contribution is 7.13. The fourth-order valence-electron chi connectivity index (χ4n) is 2.78. The van der Waals surface area contributed by atoms with E-state index in [1.165, 1.54) is 11.3 Å². The first kappa shape index (κ1) is 17.4. The second-order valence-electron chi connectivity index (χ2n) is 5.89. The molecule has 1 aliphatic rings. The van der Waals surface area contributed by atoms with E-state index in [9.17, 15) is 9.59 Å². The number of hydrogen-bond acceptors (Lipinski definition) is 6. The molecule has 2 aromatic rings. The highest BCUT2D eigenvalue weighted by Crippen LogP contribution is 2.26. The lowest BCUT2D eigenvalue weighted by Gasteiger charge is -2.11. The standard InChI is InChI=1S/C18H20N2O4S/c1-23-14-8-6-12(7-9-14)17-20-15(11-25-17)18(22)24-10-16(21)19-13-4-2-3-5-13/h6-9,11,13H,2-5,10H2,1H3,(H,19,21). The number of carbonyl (C=O) groups excluding carboxylic acids is 2. The Labute approximate surface area is 150 Å². The van der Waals surface area contributed by atoms with Crippen molar-refractivity contribution in [1.29, 1.82) is 0 Å². The SMILES string of the molecule is COc1ccc(-c2nc(C(=O)OCC(=O)NC3CCCC3)cs2)cc1. The molecule has 25 heavy (non-hydrogen) atoms. The topological polar surface area (TPSA) is 77.5 Å². The Kier molecular flexibility index (Phi) is 5.65. The van der Waals surface area contributed by atoms with Gasteiger partial charge in [-0.1, -0.05) is 12.8 Å². The molecule has 0 spiro atoms. The fourth-order valence-corrected chi connectivity index (χ4v) is 3.57. The summed E-state index contributed by atoms with van der Waals surface area (Å²) in [5, 5.41) is 5.23. The summed E-state index contributed by atoms with van der Waals surface area (Å²) < 4.78 is 10.2. The number of methoxy groups -OCH3 is 1. The van der Waals surface area contributed by atoms with Crippen LogP contribution in [0.1, 0.15) is 36.2 Å². The number of thiazole rings is 1. The van der Waals surface area contributed by atoms with Gasteiger partial charge in [-0.25, -0.2) is 9.78 Å². The Bertz CT molecular complexity index is 736. The molecule has 0 saturated heterocycles. The van der Waals surface area contributed by atoms with E-state index < -0.39 is 5.97 Å². The Hall–Kier alpha value is -2.41. The summed E-state index contributed by atoms with van der Waals surface area (Å²) >= 11 is 1.35. The van der Waals surface area contributed by atoms with Gasteiger partial charge in [0, 0.05) is 17.0 Å². The largest absolute Gasteiger partial charge is 0.497 e. The second kappa shape index (κ2) is 8.11. The molecule has 6 nitrogen and oxygen atoms in total. The van der Waals surface area contributed by atoms with E-state index in [0.717, 1.165) is 37.0 Å². The van der Waals surface area contributed by atoms with Gasteiger partial charge in [-0.2, -0.15) is 0 Å². The summed E-state index contributed by atoms with van der Waals surface area (Å²) in [6.07, 6.45) is 4.27. The minimum atomic E-state index is -0.586. The van der Waals surface area contributed by atoms with Gasteiger partial charge >= 0.3 is 5.97 Å². The highest BCUT2D eigenvalue weighted by Gasteiger charge is 2.19. The number of hydrogen-bond donors (Lipinski definition) is 1. The lowest BCUT2D eigenvalue weighted by atomic mass is 10.2. The third kappa shape index (κ3) is 4.57. The average Bonchev–Trinajstić information content (AvgIpc) is 3.31. The maximum absolute atomic E-state index is 12.1. The van der Waals surface area contributed by atoms with Gasteiger partial charge in [0.2, 0.25) is 0 Å². The Morgan fingerprint density at radius 1 is 1.24 bits per heavy atom. The van der Waals surface area contributed by atoms with Crippen LogP contribution in [0, 0.1) is 0 Å². The lowest BCUT2D eigenvalue weighted by molar-refractivity contribution is -0.124. The van der Waals surface area contributed by atoms with Gasteiger partial charge in [0.15, 0.2) is 12.3 Å². The molecule has 1 aliphatic carbocycles. The minimum Gasteiger partial charge on any atom is -0.497 e. The fraction of sp³-hybridized carbons (Fsp3) is 0.389. The number of nitrogens with one attached hydrogen (secondary N) is 1. The molecule has 7 heteroatoms. The maximum Gasteiger partial charge on any atom is 0.358 e. The van der Waals surface area contributed by atoms with Crippen LogP contribution >= 0.6 is 11.3 Å². The molecule has 1 fully saturated rings. The second-order valence-corrected chi connectivity index (χ2v) is 6.75. The van der Waals surface area contributed by atoms with Gasteiger partial charge in [0.25, 0.3) is 5.91 Å².